The van der Waals surface area contributed by atoms with E-state index in [2.05, 4.69) is 28.2 Å². The van der Waals surface area contributed by atoms with Crippen LogP contribution in [0.15, 0.2) is 40.9 Å². The minimum Gasteiger partial charge on any atom is -0.490 e. The predicted molar refractivity (Wildman–Crippen MR) is 94.8 cm³/mol. The molecule has 0 aliphatic heterocycles. The number of halogens is 2. The number of nitrogens with one attached hydrogen (secondary N) is 1. The van der Waals surface area contributed by atoms with E-state index >= 15 is 0 Å². The number of ether oxygens (including phenoxy) is 2. The second-order valence-corrected chi connectivity index (χ2v) is 5.90. The van der Waals surface area contributed by atoms with Gasteiger partial charge >= 0.3 is 0 Å². The minimum absolute atomic E-state index is 0.241. The van der Waals surface area contributed by atoms with Gasteiger partial charge in [-0.05, 0) is 71.2 Å². The van der Waals surface area contributed by atoms with Gasteiger partial charge in [-0.25, -0.2) is 4.39 Å². The topological polar surface area (TPSA) is 30.5 Å². The molecule has 2 aromatic rings. The van der Waals surface area contributed by atoms with Crippen LogP contribution in [0.4, 0.5) is 10.1 Å². The van der Waals surface area contributed by atoms with Crippen LogP contribution < -0.4 is 14.8 Å². The lowest BCUT2D eigenvalue weighted by molar-refractivity contribution is 0.275. The van der Waals surface area contributed by atoms with Crippen LogP contribution in [0.1, 0.15) is 25.8 Å². The Hall–Kier alpha value is -1.75. The molecule has 5 heteroatoms. The molecule has 0 saturated heterocycles. The smallest absolute Gasteiger partial charge is 0.175 e. The van der Waals surface area contributed by atoms with E-state index < -0.39 is 0 Å². The maximum Gasteiger partial charge on any atom is 0.175 e. The summed E-state index contributed by atoms with van der Waals surface area (Å²) >= 11 is 3.55. The molecule has 0 aliphatic rings. The molecule has 0 saturated carbocycles. The first kappa shape index (κ1) is 17.6. The van der Waals surface area contributed by atoms with Crippen molar-refractivity contribution in [3.05, 3.63) is 52.3 Å². The van der Waals surface area contributed by atoms with E-state index in [0.717, 1.165) is 33.6 Å². The molecule has 0 heterocycles. The third-order valence-corrected chi connectivity index (χ3v) is 3.75. The zero-order chi connectivity index (χ0) is 16.7. The van der Waals surface area contributed by atoms with Crippen LogP contribution in [0.2, 0.25) is 0 Å². The molecule has 2 aromatic carbocycles. The fourth-order valence-corrected chi connectivity index (χ4v) is 2.71. The van der Waals surface area contributed by atoms with Gasteiger partial charge in [0.1, 0.15) is 5.82 Å². The van der Waals surface area contributed by atoms with E-state index in [0.29, 0.717) is 19.8 Å². The van der Waals surface area contributed by atoms with Gasteiger partial charge in [-0.1, -0.05) is 6.92 Å². The van der Waals surface area contributed by atoms with Crippen LogP contribution in [0.25, 0.3) is 0 Å². The highest BCUT2D eigenvalue weighted by Crippen LogP contribution is 2.37. The molecule has 0 aliphatic carbocycles. The normalized spacial score (nSPS) is 10.4. The summed E-state index contributed by atoms with van der Waals surface area (Å²) in [5.74, 6) is 1.22. The van der Waals surface area contributed by atoms with Gasteiger partial charge in [0.15, 0.2) is 11.5 Å². The van der Waals surface area contributed by atoms with Gasteiger partial charge in [-0.15, -0.1) is 0 Å². The fourth-order valence-electron chi connectivity index (χ4n) is 2.10. The Morgan fingerprint density at radius 1 is 1.09 bits per heavy atom. The zero-order valence-electron chi connectivity index (χ0n) is 13.4. The van der Waals surface area contributed by atoms with Crippen molar-refractivity contribution >= 4 is 21.6 Å². The van der Waals surface area contributed by atoms with Crippen molar-refractivity contribution in [2.24, 2.45) is 0 Å². The van der Waals surface area contributed by atoms with Gasteiger partial charge in [0.2, 0.25) is 0 Å². The molecule has 23 heavy (non-hydrogen) atoms. The Kier molecular flexibility index (Phi) is 6.71. The molecular formula is C18H21BrFNO2. The summed E-state index contributed by atoms with van der Waals surface area (Å²) < 4.78 is 25.2. The van der Waals surface area contributed by atoms with Crippen molar-refractivity contribution < 1.29 is 13.9 Å². The Labute approximate surface area is 144 Å². The Bertz CT molecular complexity index is 632. The van der Waals surface area contributed by atoms with E-state index in [-0.39, 0.29) is 5.82 Å². The highest BCUT2D eigenvalue weighted by atomic mass is 79.9. The highest BCUT2D eigenvalue weighted by molar-refractivity contribution is 9.10. The summed E-state index contributed by atoms with van der Waals surface area (Å²) in [7, 11) is 0. The lowest BCUT2D eigenvalue weighted by atomic mass is 10.2. The van der Waals surface area contributed by atoms with Crippen molar-refractivity contribution in [3.63, 3.8) is 0 Å². The molecule has 1 N–H and O–H groups in total. The summed E-state index contributed by atoms with van der Waals surface area (Å²) in [6, 6.07) is 10.3. The molecular weight excluding hydrogens is 361 g/mol. The number of benzene rings is 2. The third kappa shape index (κ3) is 5.13. The van der Waals surface area contributed by atoms with Crippen LogP contribution in [0, 0.1) is 5.82 Å². The van der Waals surface area contributed by atoms with E-state index in [9.17, 15) is 4.39 Å². The van der Waals surface area contributed by atoms with Crippen molar-refractivity contribution in [3.8, 4) is 11.5 Å². The lowest BCUT2D eigenvalue weighted by Gasteiger charge is -2.15. The molecule has 3 nitrogen and oxygen atoms in total. The molecule has 0 atom stereocenters. The minimum atomic E-state index is -0.241. The van der Waals surface area contributed by atoms with E-state index in [1.165, 1.54) is 12.1 Å². The molecule has 0 spiro atoms. The summed E-state index contributed by atoms with van der Waals surface area (Å²) in [6.07, 6.45) is 0.936. The number of rotatable bonds is 8. The standard InChI is InChI=1S/C18H21BrFNO2/c1-3-9-23-18-16(19)10-13(11-17(18)22-4-2)12-21-15-7-5-14(20)6-8-15/h5-8,10-11,21H,3-4,9,12H2,1-2H3. The highest BCUT2D eigenvalue weighted by Gasteiger charge is 2.12. The molecule has 0 fully saturated rings. The van der Waals surface area contributed by atoms with Gasteiger partial charge in [-0.2, -0.15) is 0 Å². The molecule has 2 rings (SSSR count). The van der Waals surface area contributed by atoms with Crippen molar-refractivity contribution in [1.29, 1.82) is 0 Å². The van der Waals surface area contributed by atoms with Gasteiger partial charge in [-0.3, -0.25) is 0 Å². The fraction of sp³-hybridized carbons (Fsp3) is 0.333. The SMILES string of the molecule is CCCOc1c(Br)cc(CNc2ccc(F)cc2)cc1OCC. The Balaban J connectivity index is 2.13. The number of anilines is 1. The van der Waals surface area contributed by atoms with E-state index in [1.54, 1.807) is 12.1 Å². The second-order valence-electron chi connectivity index (χ2n) is 5.05. The molecule has 0 amide bonds. The summed E-state index contributed by atoms with van der Waals surface area (Å²) in [5, 5.41) is 3.26. The maximum absolute atomic E-state index is 12.9. The van der Waals surface area contributed by atoms with Crippen molar-refractivity contribution in [1.82, 2.24) is 0 Å². The number of hydrogen-bond acceptors (Lipinski definition) is 3. The van der Waals surface area contributed by atoms with E-state index in [4.69, 9.17) is 9.47 Å². The van der Waals surface area contributed by atoms with E-state index in [1.807, 2.05) is 19.1 Å². The molecule has 0 unspecified atom stereocenters. The maximum atomic E-state index is 12.9. The monoisotopic (exact) mass is 381 g/mol. The van der Waals surface area contributed by atoms with Crippen molar-refractivity contribution in [2.75, 3.05) is 18.5 Å². The third-order valence-electron chi connectivity index (χ3n) is 3.16. The van der Waals surface area contributed by atoms with Gasteiger partial charge in [0.05, 0.1) is 17.7 Å². The predicted octanol–water partition coefficient (Wildman–Crippen LogP) is 5.39. The van der Waals surface area contributed by atoms with Crippen LogP contribution in [-0.4, -0.2) is 13.2 Å². The van der Waals surface area contributed by atoms with Gasteiger partial charge in [0.25, 0.3) is 0 Å². The summed E-state index contributed by atoms with van der Waals surface area (Å²) in [4.78, 5) is 0. The molecule has 124 valence electrons. The van der Waals surface area contributed by atoms with Gasteiger partial charge in [0, 0.05) is 12.2 Å². The summed E-state index contributed by atoms with van der Waals surface area (Å²) in [6.45, 7) is 5.84. The first-order valence-corrected chi connectivity index (χ1v) is 8.50. The van der Waals surface area contributed by atoms with Crippen LogP contribution >= 0.6 is 15.9 Å². The molecule has 0 radical (unpaired) electrons. The lowest BCUT2D eigenvalue weighted by Crippen LogP contribution is -2.04. The zero-order valence-corrected chi connectivity index (χ0v) is 15.0. The average Bonchev–Trinajstić information content (AvgIpc) is 2.54. The average molecular weight is 382 g/mol. The van der Waals surface area contributed by atoms with Crippen LogP contribution in [0.3, 0.4) is 0 Å². The summed E-state index contributed by atoms with van der Waals surface area (Å²) in [5.41, 5.74) is 1.92. The van der Waals surface area contributed by atoms with Crippen LogP contribution in [0.5, 0.6) is 11.5 Å². The Morgan fingerprint density at radius 3 is 2.48 bits per heavy atom. The first-order chi connectivity index (χ1) is 11.1. The van der Waals surface area contributed by atoms with Crippen molar-refractivity contribution in [2.45, 2.75) is 26.8 Å². The second kappa shape index (κ2) is 8.77. The van der Waals surface area contributed by atoms with Gasteiger partial charge < -0.3 is 14.8 Å². The molecule has 0 aromatic heterocycles. The Morgan fingerprint density at radius 2 is 1.83 bits per heavy atom. The molecule has 0 bridgehead atoms. The quantitative estimate of drug-likeness (QED) is 0.664. The first-order valence-electron chi connectivity index (χ1n) is 7.71. The van der Waals surface area contributed by atoms with Crippen LogP contribution in [-0.2, 0) is 6.54 Å². The largest absolute Gasteiger partial charge is 0.490 e. The number of hydrogen-bond donors (Lipinski definition) is 1.